The quantitative estimate of drug-likeness (QED) is 0.652. The van der Waals surface area contributed by atoms with Crippen molar-refractivity contribution in [2.75, 3.05) is 11.2 Å². The first-order valence-corrected chi connectivity index (χ1v) is 8.04. The van der Waals surface area contributed by atoms with Gasteiger partial charge in [-0.15, -0.1) is 10.2 Å². The van der Waals surface area contributed by atoms with E-state index in [4.69, 9.17) is 5.84 Å². The molecular formula is C15H21N5OS. The third-order valence-corrected chi connectivity index (χ3v) is 4.41. The Morgan fingerprint density at radius 1 is 1.41 bits per heavy atom. The molecule has 0 saturated heterocycles. The van der Waals surface area contributed by atoms with Crippen molar-refractivity contribution in [3.63, 3.8) is 0 Å². The molecule has 0 aliphatic heterocycles. The van der Waals surface area contributed by atoms with Crippen molar-refractivity contribution in [2.45, 2.75) is 44.5 Å². The van der Waals surface area contributed by atoms with E-state index in [0.29, 0.717) is 17.4 Å². The van der Waals surface area contributed by atoms with Gasteiger partial charge in [0.1, 0.15) is 0 Å². The molecule has 0 spiro atoms. The predicted octanol–water partition coefficient (Wildman–Crippen LogP) is 2.29. The van der Waals surface area contributed by atoms with Crippen molar-refractivity contribution in [1.29, 1.82) is 0 Å². The van der Waals surface area contributed by atoms with Gasteiger partial charge < -0.3 is 11.2 Å². The van der Waals surface area contributed by atoms with Gasteiger partial charge in [0.2, 0.25) is 11.1 Å². The third kappa shape index (κ3) is 3.59. The van der Waals surface area contributed by atoms with Gasteiger partial charge in [-0.25, -0.2) is 4.68 Å². The Kier molecular flexibility index (Phi) is 5.07. The number of hydrogen-bond donors (Lipinski definition) is 2. The Morgan fingerprint density at radius 2 is 2.14 bits per heavy atom. The number of nitrogens with two attached hydrogens (primary N) is 1. The number of benzene rings is 1. The number of amides is 1. The highest BCUT2D eigenvalue weighted by Crippen LogP contribution is 2.23. The lowest BCUT2D eigenvalue weighted by molar-refractivity contribution is -0.115. The van der Waals surface area contributed by atoms with Crippen LogP contribution in [0.25, 0.3) is 0 Å². The number of nitrogens with one attached hydrogen (secondary N) is 1. The second-order valence-corrected chi connectivity index (χ2v) is 6.50. The molecule has 1 atom stereocenters. The van der Waals surface area contributed by atoms with E-state index in [1.165, 1.54) is 16.4 Å². The Labute approximate surface area is 134 Å². The molecule has 0 unspecified atom stereocenters. The van der Waals surface area contributed by atoms with Gasteiger partial charge in [0.25, 0.3) is 0 Å². The van der Waals surface area contributed by atoms with E-state index in [-0.39, 0.29) is 11.2 Å². The summed E-state index contributed by atoms with van der Waals surface area (Å²) in [6, 6.07) is 5.98. The fourth-order valence-corrected chi connectivity index (χ4v) is 2.73. The number of carbonyl (C=O) groups is 1. The molecule has 1 heterocycles. The third-order valence-electron chi connectivity index (χ3n) is 3.35. The highest BCUT2D eigenvalue weighted by molar-refractivity contribution is 8.00. The van der Waals surface area contributed by atoms with Crippen molar-refractivity contribution in [3.05, 3.63) is 35.2 Å². The molecule has 0 bridgehead atoms. The molecule has 0 aliphatic carbocycles. The standard InChI is InChI=1S/C15H21N5OS/c1-5-13-18-19-15(20(13)16)22-11(4)14(21)17-12-8-9(2)6-7-10(12)3/h6-8,11H,5,16H2,1-4H3,(H,17,21)/t11-/m1/s1. The van der Waals surface area contributed by atoms with Crippen LogP contribution in [0.15, 0.2) is 23.4 Å². The monoisotopic (exact) mass is 319 g/mol. The van der Waals surface area contributed by atoms with Gasteiger partial charge in [0.15, 0.2) is 5.82 Å². The number of nitrogen functional groups attached to an aromatic ring is 1. The first-order valence-electron chi connectivity index (χ1n) is 7.16. The zero-order valence-electron chi connectivity index (χ0n) is 13.3. The summed E-state index contributed by atoms with van der Waals surface area (Å²) in [6.45, 7) is 7.75. The largest absolute Gasteiger partial charge is 0.336 e. The van der Waals surface area contributed by atoms with Gasteiger partial charge >= 0.3 is 0 Å². The molecule has 2 aromatic rings. The van der Waals surface area contributed by atoms with Gasteiger partial charge in [0.05, 0.1) is 5.25 Å². The minimum absolute atomic E-state index is 0.0836. The van der Waals surface area contributed by atoms with E-state index >= 15 is 0 Å². The molecule has 3 N–H and O–H groups in total. The van der Waals surface area contributed by atoms with Crippen molar-refractivity contribution >= 4 is 23.4 Å². The first-order chi connectivity index (χ1) is 10.4. The number of thioether (sulfide) groups is 1. The molecule has 22 heavy (non-hydrogen) atoms. The normalized spacial score (nSPS) is 12.2. The summed E-state index contributed by atoms with van der Waals surface area (Å²) >= 11 is 1.30. The van der Waals surface area contributed by atoms with E-state index in [1.54, 1.807) is 0 Å². The fourth-order valence-electron chi connectivity index (χ4n) is 1.95. The molecule has 7 heteroatoms. The number of carbonyl (C=O) groups excluding carboxylic acids is 1. The zero-order chi connectivity index (χ0) is 16.3. The van der Waals surface area contributed by atoms with E-state index in [0.717, 1.165) is 16.8 Å². The lowest BCUT2D eigenvalue weighted by Crippen LogP contribution is -2.24. The van der Waals surface area contributed by atoms with Crippen LogP contribution in [0.5, 0.6) is 0 Å². The van der Waals surface area contributed by atoms with Crippen molar-refractivity contribution in [1.82, 2.24) is 14.9 Å². The van der Waals surface area contributed by atoms with Crippen molar-refractivity contribution in [3.8, 4) is 0 Å². The summed E-state index contributed by atoms with van der Waals surface area (Å²) in [4.78, 5) is 12.3. The van der Waals surface area contributed by atoms with Crippen molar-refractivity contribution in [2.24, 2.45) is 0 Å². The SMILES string of the molecule is CCc1nnc(S[C@H](C)C(=O)Nc2cc(C)ccc2C)n1N. The van der Waals surface area contributed by atoms with E-state index in [1.807, 2.05) is 45.9 Å². The van der Waals surface area contributed by atoms with Gasteiger partial charge in [-0.2, -0.15) is 0 Å². The van der Waals surface area contributed by atoms with Crippen LogP contribution >= 0.6 is 11.8 Å². The summed E-state index contributed by atoms with van der Waals surface area (Å²) in [6.07, 6.45) is 0.702. The Bertz CT molecular complexity index is 683. The molecule has 1 aromatic heterocycles. The number of nitrogens with zero attached hydrogens (tertiary/aromatic N) is 3. The maximum Gasteiger partial charge on any atom is 0.237 e. The van der Waals surface area contributed by atoms with Crippen LogP contribution in [-0.4, -0.2) is 26.0 Å². The van der Waals surface area contributed by atoms with Gasteiger partial charge in [-0.1, -0.05) is 30.8 Å². The first kappa shape index (κ1) is 16.4. The number of aryl methyl sites for hydroxylation is 3. The van der Waals surface area contributed by atoms with Crippen LogP contribution < -0.4 is 11.2 Å². The van der Waals surface area contributed by atoms with Crippen LogP contribution in [0.2, 0.25) is 0 Å². The molecule has 0 aliphatic rings. The van der Waals surface area contributed by atoms with E-state index in [9.17, 15) is 4.79 Å². The van der Waals surface area contributed by atoms with Crippen molar-refractivity contribution < 1.29 is 4.79 Å². The predicted molar refractivity (Wildman–Crippen MR) is 89.4 cm³/mol. The summed E-state index contributed by atoms with van der Waals surface area (Å²) in [5.41, 5.74) is 2.97. The Balaban J connectivity index is 2.06. The number of rotatable bonds is 5. The summed E-state index contributed by atoms with van der Waals surface area (Å²) in [5.74, 6) is 6.51. The van der Waals surface area contributed by atoms with Crippen LogP contribution in [-0.2, 0) is 11.2 Å². The molecule has 118 valence electrons. The average Bonchev–Trinajstić information content (AvgIpc) is 2.83. The second-order valence-electron chi connectivity index (χ2n) is 5.19. The van der Waals surface area contributed by atoms with Crippen LogP contribution in [0.1, 0.15) is 30.8 Å². The minimum Gasteiger partial charge on any atom is -0.336 e. The minimum atomic E-state index is -0.323. The molecular weight excluding hydrogens is 298 g/mol. The van der Waals surface area contributed by atoms with E-state index < -0.39 is 0 Å². The Hall–Kier alpha value is -2.02. The molecule has 0 saturated carbocycles. The molecule has 1 amide bonds. The lowest BCUT2D eigenvalue weighted by atomic mass is 10.1. The van der Waals surface area contributed by atoms with Crippen LogP contribution in [0, 0.1) is 13.8 Å². The second kappa shape index (κ2) is 6.83. The molecule has 0 radical (unpaired) electrons. The molecule has 6 nitrogen and oxygen atoms in total. The average molecular weight is 319 g/mol. The summed E-state index contributed by atoms with van der Waals surface area (Å²) in [7, 11) is 0. The highest BCUT2D eigenvalue weighted by atomic mass is 32.2. The number of hydrogen-bond acceptors (Lipinski definition) is 5. The fraction of sp³-hybridized carbons (Fsp3) is 0.400. The maximum atomic E-state index is 12.3. The van der Waals surface area contributed by atoms with Crippen LogP contribution in [0.3, 0.4) is 0 Å². The molecule has 2 rings (SSSR count). The topological polar surface area (TPSA) is 85.8 Å². The maximum absolute atomic E-state index is 12.3. The number of aromatic nitrogens is 3. The van der Waals surface area contributed by atoms with Crippen LogP contribution in [0.4, 0.5) is 5.69 Å². The molecule has 1 aromatic carbocycles. The smallest absolute Gasteiger partial charge is 0.237 e. The molecule has 0 fully saturated rings. The van der Waals surface area contributed by atoms with E-state index in [2.05, 4.69) is 15.5 Å². The summed E-state index contributed by atoms with van der Waals surface area (Å²) in [5, 5.41) is 11.2. The van der Waals surface area contributed by atoms with Gasteiger partial charge in [0, 0.05) is 12.1 Å². The zero-order valence-corrected chi connectivity index (χ0v) is 14.1. The highest BCUT2D eigenvalue weighted by Gasteiger charge is 2.19. The lowest BCUT2D eigenvalue weighted by Gasteiger charge is -2.13. The summed E-state index contributed by atoms with van der Waals surface area (Å²) < 4.78 is 1.44. The Morgan fingerprint density at radius 3 is 2.77 bits per heavy atom. The number of anilines is 1. The van der Waals surface area contributed by atoms with Gasteiger partial charge in [-0.05, 0) is 38.0 Å². The van der Waals surface area contributed by atoms with Gasteiger partial charge in [-0.3, -0.25) is 4.79 Å².